The number of benzene rings is 1. The van der Waals surface area contributed by atoms with Crippen LogP contribution in [-0.4, -0.2) is 22.0 Å². The van der Waals surface area contributed by atoms with E-state index in [1.165, 1.54) is 21.9 Å². The average Bonchev–Trinajstić information content (AvgIpc) is 3.04. The summed E-state index contributed by atoms with van der Waals surface area (Å²) >= 11 is 0. The fourth-order valence-electron chi connectivity index (χ4n) is 3.00. The van der Waals surface area contributed by atoms with Gasteiger partial charge in [-0.25, -0.2) is 4.79 Å². The SMILES string of the molecule is Cn1cc(C(=O)NCC[C@H]2CCc3ccccc32)[nH]c1=O. The lowest BCUT2D eigenvalue weighted by molar-refractivity contribution is 0.0947. The van der Waals surface area contributed by atoms with E-state index in [-0.39, 0.29) is 11.6 Å². The van der Waals surface area contributed by atoms with Crippen molar-refractivity contribution in [2.75, 3.05) is 6.54 Å². The van der Waals surface area contributed by atoms with Crippen molar-refractivity contribution >= 4 is 5.91 Å². The zero-order chi connectivity index (χ0) is 14.8. The number of H-pyrrole nitrogens is 1. The molecule has 1 aromatic carbocycles. The van der Waals surface area contributed by atoms with E-state index in [4.69, 9.17) is 0 Å². The quantitative estimate of drug-likeness (QED) is 0.895. The predicted octanol–water partition coefficient (Wildman–Crippen LogP) is 1.56. The number of aromatic nitrogens is 2. The molecular formula is C16H19N3O2. The van der Waals surface area contributed by atoms with Crippen molar-refractivity contribution in [1.82, 2.24) is 14.9 Å². The van der Waals surface area contributed by atoms with Crippen LogP contribution in [0.1, 0.15) is 40.4 Å². The summed E-state index contributed by atoms with van der Waals surface area (Å²) < 4.78 is 1.36. The summed E-state index contributed by atoms with van der Waals surface area (Å²) in [6, 6.07) is 8.52. The number of fused-ring (bicyclic) bond motifs is 1. The number of aryl methyl sites for hydroxylation is 2. The van der Waals surface area contributed by atoms with Gasteiger partial charge >= 0.3 is 5.69 Å². The number of carbonyl (C=O) groups is 1. The number of rotatable bonds is 4. The third-order valence-electron chi connectivity index (χ3n) is 4.16. The maximum absolute atomic E-state index is 11.9. The summed E-state index contributed by atoms with van der Waals surface area (Å²) in [5, 5.41) is 2.87. The van der Waals surface area contributed by atoms with Gasteiger partial charge in [0.15, 0.2) is 0 Å². The Balaban J connectivity index is 1.55. The molecule has 0 fully saturated rings. The number of nitrogens with one attached hydrogen (secondary N) is 2. The Bertz CT molecular complexity index is 714. The molecule has 1 aliphatic rings. The Kier molecular flexibility index (Phi) is 3.64. The number of amides is 1. The highest BCUT2D eigenvalue weighted by Gasteiger charge is 2.21. The van der Waals surface area contributed by atoms with Gasteiger partial charge in [-0.2, -0.15) is 0 Å². The standard InChI is InChI=1S/C16H19N3O2/c1-19-10-14(18-16(19)21)15(20)17-9-8-12-7-6-11-4-2-3-5-13(11)12/h2-5,10,12H,6-9H2,1H3,(H,17,20)(H,18,21)/t12-/m1/s1. The van der Waals surface area contributed by atoms with Crippen LogP contribution in [0.15, 0.2) is 35.3 Å². The summed E-state index contributed by atoms with van der Waals surface area (Å²) in [6.45, 7) is 0.620. The topological polar surface area (TPSA) is 66.9 Å². The van der Waals surface area contributed by atoms with E-state index in [1.807, 2.05) is 0 Å². The number of hydrogen-bond acceptors (Lipinski definition) is 2. The van der Waals surface area contributed by atoms with Gasteiger partial charge in [-0.3, -0.25) is 4.79 Å². The second kappa shape index (κ2) is 5.60. The van der Waals surface area contributed by atoms with Crippen LogP contribution >= 0.6 is 0 Å². The fraction of sp³-hybridized carbons (Fsp3) is 0.375. The van der Waals surface area contributed by atoms with Gasteiger partial charge in [0.05, 0.1) is 0 Å². The maximum atomic E-state index is 11.9. The highest BCUT2D eigenvalue weighted by Crippen LogP contribution is 2.34. The van der Waals surface area contributed by atoms with Crippen molar-refractivity contribution in [2.45, 2.75) is 25.2 Å². The van der Waals surface area contributed by atoms with Crippen molar-refractivity contribution in [2.24, 2.45) is 7.05 Å². The molecule has 0 radical (unpaired) electrons. The molecule has 0 bridgehead atoms. The van der Waals surface area contributed by atoms with Crippen molar-refractivity contribution in [3.63, 3.8) is 0 Å². The molecule has 2 aromatic rings. The van der Waals surface area contributed by atoms with E-state index < -0.39 is 0 Å². The lowest BCUT2D eigenvalue weighted by Crippen LogP contribution is -2.26. The van der Waals surface area contributed by atoms with Gasteiger partial charge < -0.3 is 14.9 Å². The molecule has 3 rings (SSSR count). The van der Waals surface area contributed by atoms with Crippen LogP contribution < -0.4 is 11.0 Å². The fourth-order valence-corrected chi connectivity index (χ4v) is 3.00. The molecule has 5 heteroatoms. The van der Waals surface area contributed by atoms with E-state index in [0.29, 0.717) is 18.2 Å². The minimum absolute atomic E-state index is 0.223. The minimum atomic E-state index is -0.273. The molecule has 0 unspecified atom stereocenters. The first-order valence-corrected chi connectivity index (χ1v) is 7.27. The Morgan fingerprint density at radius 3 is 3.00 bits per heavy atom. The molecule has 0 saturated carbocycles. The first-order valence-electron chi connectivity index (χ1n) is 7.27. The molecule has 1 aliphatic carbocycles. The van der Waals surface area contributed by atoms with Crippen LogP contribution in [0.5, 0.6) is 0 Å². The number of aromatic amines is 1. The van der Waals surface area contributed by atoms with Gasteiger partial charge in [0, 0.05) is 19.8 Å². The number of hydrogen-bond donors (Lipinski definition) is 2. The molecular weight excluding hydrogens is 266 g/mol. The van der Waals surface area contributed by atoms with Crippen LogP contribution in [0, 0.1) is 0 Å². The second-order valence-corrected chi connectivity index (χ2v) is 5.56. The van der Waals surface area contributed by atoms with Gasteiger partial charge in [0.2, 0.25) is 0 Å². The van der Waals surface area contributed by atoms with Crippen LogP contribution in [0.2, 0.25) is 0 Å². The third-order valence-corrected chi connectivity index (χ3v) is 4.16. The van der Waals surface area contributed by atoms with E-state index >= 15 is 0 Å². The minimum Gasteiger partial charge on any atom is -0.351 e. The highest BCUT2D eigenvalue weighted by molar-refractivity contribution is 5.91. The molecule has 1 heterocycles. The van der Waals surface area contributed by atoms with Crippen molar-refractivity contribution < 1.29 is 4.79 Å². The first kappa shape index (κ1) is 13.7. The summed E-state index contributed by atoms with van der Waals surface area (Å²) in [7, 11) is 1.62. The Morgan fingerprint density at radius 1 is 1.43 bits per heavy atom. The van der Waals surface area contributed by atoms with Crippen molar-refractivity contribution in [1.29, 1.82) is 0 Å². The lowest BCUT2D eigenvalue weighted by Gasteiger charge is -2.11. The summed E-state index contributed by atoms with van der Waals surface area (Å²) in [6.07, 6.45) is 4.72. The Hall–Kier alpha value is -2.30. The number of nitrogens with zero attached hydrogens (tertiary/aromatic N) is 1. The van der Waals surface area contributed by atoms with Gasteiger partial charge in [-0.1, -0.05) is 24.3 Å². The largest absolute Gasteiger partial charge is 0.351 e. The van der Waals surface area contributed by atoms with Crippen molar-refractivity contribution in [3.05, 3.63) is 57.8 Å². The molecule has 1 aromatic heterocycles. The van der Waals surface area contributed by atoms with Gasteiger partial charge in [-0.15, -0.1) is 0 Å². The smallest absolute Gasteiger partial charge is 0.325 e. The van der Waals surface area contributed by atoms with Crippen LogP contribution in [0.3, 0.4) is 0 Å². The third kappa shape index (κ3) is 2.77. The van der Waals surface area contributed by atoms with Gasteiger partial charge in [0.1, 0.15) is 5.69 Å². The first-order chi connectivity index (χ1) is 10.1. The molecule has 110 valence electrons. The summed E-state index contributed by atoms with van der Waals surface area (Å²) in [4.78, 5) is 25.8. The van der Waals surface area contributed by atoms with Gasteiger partial charge in [0.25, 0.3) is 5.91 Å². The number of carbonyl (C=O) groups excluding carboxylic acids is 1. The molecule has 0 spiro atoms. The monoisotopic (exact) mass is 285 g/mol. The van der Waals surface area contributed by atoms with E-state index in [1.54, 1.807) is 7.05 Å². The van der Waals surface area contributed by atoms with Gasteiger partial charge in [-0.05, 0) is 36.3 Å². The summed E-state index contributed by atoms with van der Waals surface area (Å²) in [5.74, 6) is 0.301. The number of imidazole rings is 1. The summed E-state index contributed by atoms with van der Waals surface area (Å²) in [5.41, 5.74) is 2.89. The Labute approximate surface area is 123 Å². The van der Waals surface area contributed by atoms with E-state index in [0.717, 1.165) is 19.3 Å². The van der Waals surface area contributed by atoms with Crippen LogP contribution in [0.25, 0.3) is 0 Å². The Morgan fingerprint density at radius 2 is 2.24 bits per heavy atom. The molecule has 21 heavy (non-hydrogen) atoms. The lowest BCUT2D eigenvalue weighted by atomic mass is 9.98. The zero-order valence-electron chi connectivity index (χ0n) is 12.1. The van der Waals surface area contributed by atoms with Crippen LogP contribution in [-0.2, 0) is 13.5 Å². The highest BCUT2D eigenvalue weighted by atomic mass is 16.2. The molecule has 5 nitrogen and oxygen atoms in total. The van der Waals surface area contributed by atoms with Crippen molar-refractivity contribution in [3.8, 4) is 0 Å². The molecule has 0 saturated heterocycles. The maximum Gasteiger partial charge on any atom is 0.325 e. The zero-order valence-corrected chi connectivity index (χ0v) is 12.1. The molecule has 2 N–H and O–H groups in total. The van der Waals surface area contributed by atoms with Crippen LogP contribution in [0.4, 0.5) is 0 Å². The average molecular weight is 285 g/mol. The second-order valence-electron chi connectivity index (χ2n) is 5.56. The molecule has 1 atom stereocenters. The predicted molar refractivity (Wildman–Crippen MR) is 80.5 cm³/mol. The molecule has 1 amide bonds. The van der Waals surface area contributed by atoms with E-state index in [9.17, 15) is 9.59 Å². The molecule has 0 aliphatic heterocycles. The normalized spacial score (nSPS) is 16.7. The van der Waals surface area contributed by atoms with E-state index in [2.05, 4.69) is 34.6 Å².